The predicted octanol–water partition coefficient (Wildman–Crippen LogP) is 2.15. The second kappa shape index (κ2) is 11.2. The number of halogens is 1. The number of hydrogen-bond acceptors (Lipinski definition) is 4. The lowest BCUT2D eigenvalue weighted by atomic mass is 10.1. The zero-order valence-corrected chi connectivity index (χ0v) is 15.6. The molecule has 7 heteroatoms. The van der Waals surface area contributed by atoms with Crippen molar-refractivity contribution < 1.29 is 9.59 Å². The number of carbonyl (C=O) groups excluding carboxylic acids is 2. The highest BCUT2D eigenvalue weighted by atomic mass is 35.5. The molecule has 134 valence electrons. The summed E-state index contributed by atoms with van der Waals surface area (Å²) in [6.45, 7) is 3.31. The van der Waals surface area contributed by atoms with Crippen LogP contribution in [-0.4, -0.2) is 53.5 Å². The van der Waals surface area contributed by atoms with Crippen LogP contribution < -0.4 is 10.6 Å². The molecular formula is C16H30ClN3O2S. The predicted molar refractivity (Wildman–Crippen MR) is 98.0 cm³/mol. The number of nitrogens with zero attached hydrogens (tertiary/aromatic N) is 1. The van der Waals surface area contributed by atoms with Gasteiger partial charge in [-0.15, -0.1) is 24.2 Å². The van der Waals surface area contributed by atoms with Crippen molar-refractivity contribution in [2.45, 2.75) is 64.0 Å². The third-order valence-electron chi connectivity index (χ3n) is 4.52. The van der Waals surface area contributed by atoms with Crippen LogP contribution in [0.2, 0.25) is 0 Å². The first-order chi connectivity index (χ1) is 10.7. The van der Waals surface area contributed by atoms with Crippen molar-refractivity contribution in [3.63, 3.8) is 0 Å². The minimum Gasteiger partial charge on any atom is -0.353 e. The van der Waals surface area contributed by atoms with Gasteiger partial charge in [0.15, 0.2) is 0 Å². The number of carbonyl (C=O) groups is 2. The van der Waals surface area contributed by atoms with E-state index in [0.717, 1.165) is 6.54 Å². The molecule has 2 amide bonds. The van der Waals surface area contributed by atoms with Crippen molar-refractivity contribution in [1.82, 2.24) is 15.5 Å². The fraction of sp³-hybridized carbons (Fsp3) is 0.875. The second-order valence-electron chi connectivity index (χ2n) is 6.17. The van der Waals surface area contributed by atoms with Gasteiger partial charge < -0.3 is 15.5 Å². The van der Waals surface area contributed by atoms with Gasteiger partial charge in [0.05, 0.1) is 5.88 Å². The maximum absolute atomic E-state index is 12.2. The summed E-state index contributed by atoms with van der Waals surface area (Å²) >= 11 is 1.66. The quantitative estimate of drug-likeness (QED) is 0.560. The highest BCUT2D eigenvalue weighted by Crippen LogP contribution is 2.21. The topological polar surface area (TPSA) is 61.4 Å². The van der Waals surface area contributed by atoms with Crippen molar-refractivity contribution in [3.8, 4) is 0 Å². The molecule has 2 aliphatic rings. The van der Waals surface area contributed by atoms with Gasteiger partial charge >= 0.3 is 0 Å². The van der Waals surface area contributed by atoms with Gasteiger partial charge in [-0.25, -0.2) is 0 Å². The molecule has 2 N–H and O–H groups in total. The molecule has 1 atom stereocenters. The lowest BCUT2D eigenvalue weighted by molar-refractivity contribution is -0.137. The molecule has 1 aliphatic carbocycles. The van der Waals surface area contributed by atoms with Gasteiger partial charge in [0.2, 0.25) is 11.8 Å². The van der Waals surface area contributed by atoms with E-state index < -0.39 is 0 Å². The molecule has 2 fully saturated rings. The monoisotopic (exact) mass is 363 g/mol. The molecule has 1 aliphatic heterocycles. The molecular weight excluding hydrogens is 334 g/mol. The fourth-order valence-electron chi connectivity index (χ4n) is 3.17. The van der Waals surface area contributed by atoms with Crippen molar-refractivity contribution in [2.24, 2.45) is 0 Å². The summed E-state index contributed by atoms with van der Waals surface area (Å²) in [6.07, 6.45) is 8.32. The van der Waals surface area contributed by atoms with Gasteiger partial charge in [0, 0.05) is 31.3 Å². The second-order valence-corrected chi connectivity index (χ2v) is 7.17. The van der Waals surface area contributed by atoms with Gasteiger partial charge in [-0.2, -0.15) is 0 Å². The molecule has 1 unspecified atom stereocenters. The van der Waals surface area contributed by atoms with Crippen LogP contribution in [0, 0.1) is 0 Å². The Morgan fingerprint density at radius 3 is 2.48 bits per heavy atom. The Balaban J connectivity index is 0.00000264. The van der Waals surface area contributed by atoms with Gasteiger partial charge in [0.1, 0.15) is 6.04 Å². The summed E-state index contributed by atoms with van der Waals surface area (Å²) in [5, 5.41) is 6.53. The Labute approximate surface area is 150 Å². The summed E-state index contributed by atoms with van der Waals surface area (Å²) in [5.41, 5.74) is 0. The van der Waals surface area contributed by atoms with E-state index in [0.29, 0.717) is 30.6 Å². The number of rotatable bonds is 6. The smallest absolute Gasteiger partial charge is 0.243 e. The number of hydrogen-bond donors (Lipinski definition) is 2. The summed E-state index contributed by atoms with van der Waals surface area (Å²) in [7, 11) is 0. The summed E-state index contributed by atoms with van der Waals surface area (Å²) < 4.78 is 0. The van der Waals surface area contributed by atoms with Crippen molar-refractivity contribution in [2.75, 3.05) is 24.7 Å². The molecule has 0 bridgehead atoms. The molecule has 0 aromatic rings. The molecule has 0 radical (unpaired) electrons. The fourth-order valence-corrected chi connectivity index (χ4v) is 4.35. The minimum atomic E-state index is -0.282. The van der Waals surface area contributed by atoms with Crippen LogP contribution in [0.25, 0.3) is 0 Å². The first-order valence-corrected chi connectivity index (χ1v) is 9.76. The molecule has 2 rings (SSSR count). The van der Waals surface area contributed by atoms with Gasteiger partial charge in [-0.1, -0.05) is 32.6 Å². The van der Waals surface area contributed by atoms with Crippen LogP contribution in [0.15, 0.2) is 0 Å². The van der Waals surface area contributed by atoms with E-state index in [4.69, 9.17) is 0 Å². The Bertz CT molecular complexity index is 376. The Kier molecular flexibility index (Phi) is 9.99. The Morgan fingerprint density at radius 1 is 1.13 bits per heavy atom. The van der Waals surface area contributed by atoms with Crippen LogP contribution in [0.4, 0.5) is 0 Å². The minimum absolute atomic E-state index is 0. The molecule has 0 aromatic heterocycles. The third kappa shape index (κ3) is 6.51. The first kappa shape index (κ1) is 20.6. The van der Waals surface area contributed by atoms with E-state index in [-0.39, 0.29) is 30.3 Å². The number of nitrogens with one attached hydrogen (secondary N) is 2. The molecule has 5 nitrogen and oxygen atoms in total. The standard InChI is InChI=1S/C16H29N3O2S.ClH/c1-2-15(20)19-12-22-11-14(19)16(21)18-10-9-17-13-7-5-3-4-6-8-13;/h13-14,17H,2-12H2,1H3,(H,18,21);1H. The van der Waals surface area contributed by atoms with Gasteiger partial charge in [0.25, 0.3) is 0 Å². The first-order valence-electron chi connectivity index (χ1n) is 8.60. The Hall–Kier alpha value is -0.460. The summed E-state index contributed by atoms with van der Waals surface area (Å²) in [5.74, 6) is 1.43. The molecule has 23 heavy (non-hydrogen) atoms. The highest BCUT2D eigenvalue weighted by molar-refractivity contribution is 7.99. The van der Waals surface area contributed by atoms with Crippen LogP contribution >= 0.6 is 24.2 Å². The number of amides is 2. The van der Waals surface area contributed by atoms with Crippen molar-refractivity contribution in [1.29, 1.82) is 0 Å². The Morgan fingerprint density at radius 2 is 1.83 bits per heavy atom. The molecule has 0 aromatic carbocycles. The van der Waals surface area contributed by atoms with E-state index in [9.17, 15) is 9.59 Å². The normalized spacial score (nSPS) is 22.3. The van der Waals surface area contributed by atoms with Crippen molar-refractivity contribution >= 4 is 36.0 Å². The van der Waals surface area contributed by atoms with Crippen LogP contribution in [-0.2, 0) is 9.59 Å². The number of thioether (sulfide) groups is 1. The highest BCUT2D eigenvalue weighted by Gasteiger charge is 2.33. The van der Waals surface area contributed by atoms with E-state index >= 15 is 0 Å². The van der Waals surface area contributed by atoms with Crippen LogP contribution in [0.5, 0.6) is 0 Å². The molecule has 1 heterocycles. The van der Waals surface area contributed by atoms with E-state index in [2.05, 4.69) is 10.6 Å². The molecule has 0 spiro atoms. The van der Waals surface area contributed by atoms with Crippen LogP contribution in [0.3, 0.4) is 0 Å². The molecule has 1 saturated heterocycles. The third-order valence-corrected chi connectivity index (χ3v) is 5.53. The van der Waals surface area contributed by atoms with E-state index in [1.54, 1.807) is 16.7 Å². The zero-order valence-electron chi connectivity index (χ0n) is 14.0. The SMILES string of the molecule is CCC(=O)N1CSCC1C(=O)NCCNC1CCCCCC1.Cl. The summed E-state index contributed by atoms with van der Waals surface area (Å²) in [6, 6.07) is 0.329. The van der Waals surface area contributed by atoms with E-state index in [1.807, 2.05) is 6.92 Å². The van der Waals surface area contributed by atoms with Crippen LogP contribution in [0.1, 0.15) is 51.9 Å². The summed E-state index contributed by atoms with van der Waals surface area (Å²) in [4.78, 5) is 25.8. The maximum Gasteiger partial charge on any atom is 0.243 e. The van der Waals surface area contributed by atoms with Gasteiger partial charge in [-0.3, -0.25) is 9.59 Å². The van der Waals surface area contributed by atoms with E-state index in [1.165, 1.54) is 38.5 Å². The molecule has 1 saturated carbocycles. The average molecular weight is 364 g/mol. The largest absolute Gasteiger partial charge is 0.353 e. The zero-order chi connectivity index (χ0) is 15.8. The average Bonchev–Trinajstić information content (AvgIpc) is 2.88. The van der Waals surface area contributed by atoms with Crippen molar-refractivity contribution in [3.05, 3.63) is 0 Å². The lowest BCUT2D eigenvalue weighted by Gasteiger charge is -2.23. The maximum atomic E-state index is 12.2. The van der Waals surface area contributed by atoms with Gasteiger partial charge in [-0.05, 0) is 12.8 Å². The lowest BCUT2D eigenvalue weighted by Crippen LogP contribution is -2.48.